The minimum atomic E-state index is 0.0650. The van der Waals surface area contributed by atoms with E-state index in [0.29, 0.717) is 11.7 Å². The molecule has 0 bridgehead atoms. The van der Waals surface area contributed by atoms with E-state index >= 15 is 0 Å². The van der Waals surface area contributed by atoms with Crippen LogP contribution in [0.2, 0.25) is 0 Å². The number of hydrogen-bond acceptors (Lipinski definition) is 5. The Labute approximate surface area is 107 Å². The van der Waals surface area contributed by atoms with E-state index in [1.807, 2.05) is 26.0 Å². The largest absolute Gasteiger partial charge is 0.337 e. The van der Waals surface area contributed by atoms with Crippen LogP contribution < -0.4 is 5.32 Å². The summed E-state index contributed by atoms with van der Waals surface area (Å²) in [5, 5.41) is 7.30. The summed E-state index contributed by atoms with van der Waals surface area (Å²) < 4.78 is 5.27. The van der Waals surface area contributed by atoms with Crippen molar-refractivity contribution < 1.29 is 4.52 Å². The molecule has 0 radical (unpaired) electrons. The van der Waals surface area contributed by atoms with Crippen LogP contribution in [0.5, 0.6) is 0 Å². The monoisotopic (exact) mass is 246 g/mol. The predicted molar refractivity (Wildman–Crippen MR) is 69.0 cm³/mol. The minimum Gasteiger partial charge on any atom is -0.337 e. The Morgan fingerprint density at radius 1 is 1.44 bits per heavy atom. The molecule has 2 aromatic heterocycles. The Balaban J connectivity index is 2.18. The molecule has 1 N–H and O–H groups in total. The van der Waals surface area contributed by atoms with E-state index in [9.17, 15) is 0 Å². The minimum absolute atomic E-state index is 0.0650. The van der Waals surface area contributed by atoms with Crippen molar-refractivity contribution in [1.82, 2.24) is 20.4 Å². The fourth-order valence-electron chi connectivity index (χ4n) is 1.68. The fourth-order valence-corrected chi connectivity index (χ4v) is 1.68. The first-order chi connectivity index (χ1) is 8.72. The number of aromatic nitrogens is 3. The summed E-state index contributed by atoms with van der Waals surface area (Å²) in [6.45, 7) is 7.05. The van der Waals surface area contributed by atoms with Crippen LogP contribution in [0.3, 0.4) is 0 Å². The lowest BCUT2D eigenvalue weighted by atomic mass is 10.2. The maximum absolute atomic E-state index is 5.27. The van der Waals surface area contributed by atoms with Crippen LogP contribution in [0.1, 0.15) is 37.8 Å². The van der Waals surface area contributed by atoms with Crippen molar-refractivity contribution in [3.63, 3.8) is 0 Å². The summed E-state index contributed by atoms with van der Waals surface area (Å²) in [7, 11) is 0. The van der Waals surface area contributed by atoms with Gasteiger partial charge in [0.2, 0.25) is 11.7 Å². The Morgan fingerprint density at radius 3 is 3.00 bits per heavy atom. The highest BCUT2D eigenvalue weighted by molar-refractivity contribution is 5.53. The molecule has 2 aromatic rings. The fraction of sp³-hybridized carbons (Fsp3) is 0.462. The average Bonchev–Trinajstić information content (AvgIpc) is 2.86. The van der Waals surface area contributed by atoms with Gasteiger partial charge in [-0.2, -0.15) is 4.98 Å². The third kappa shape index (κ3) is 2.73. The number of hydrogen-bond donors (Lipinski definition) is 1. The Hall–Kier alpha value is -1.75. The second-order valence-corrected chi connectivity index (χ2v) is 4.30. The van der Waals surface area contributed by atoms with Crippen LogP contribution in [0.4, 0.5) is 0 Å². The maximum Gasteiger partial charge on any atom is 0.243 e. The van der Waals surface area contributed by atoms with Gasteiger partial charge in [-0.3, -0.25) is 4.98 Å². The molecule has 96 valence electrons. The third-order valence-corrected chi connectivity index (χ3v) is 2.73. The summed E-state index contributed by atoms with van der Waals surface area (Å²) in [6.07, 6.45) is 2.81. The van der Waals surface area contributed by atoms with Crippen LogP contribution in [0, 0.1) is 6.92 Å². The number of nitrogens with one attached hydrogen (secondary N) is 1. The number of pyridine rings is 1. The van der Waals surface area contributed by atoms with Crippen molar-refractivity contribution in [1.29, 1.82) is 0 Å². The topological polar surface area (TPSA) is 63.8 Å². The van der Waals surface area contributed by atoms with Crippen LogP contribution >= 0.6 is 0 Å². The molecule has 0 fully saturated rings. The van der Waals surface area contributed by atoms with Gasteiger partial charge in [-0.05, 0) is 38.4 Å². The predicted octanol–water partition coefficient (Wildman–Crippen LogP) is 2.50. The van der Waals surface area contributed by atoms with E-state index in [2.05, 4.69) is 27.4 Å². The highest BCUT2D eigenvalue weighted by Crippen LogP contribution is 2.19. The smallest absolute Gasteiger partial charge is 0.243 e. The zero-order chi connectivity index (χ0) is 13.0. The van der Waals surface area contributed by atoms with Crippen molar-refractivity contribution in [2.75, 3.05) is 6.54 Å². The molecular weight excluding hydrogens is 228 g/mol. The third-order valence-electron chi connectivity index (χ3n) is 2.73. The molecule has 18 heavy (non-hydrogen) atoms. The maximum atomic E-state index is 5.27. The first-order valence-corrected chi connectivity index (χ1v) is 6.21. The van der Waals surface area contributed by atoms with Gasteiger partial charge in [-0.25, -0.2) is 0 Å². The standard InChI is InChI=1S/C13H18N4O/c1-4-7-14-10(3)13-16-12(17-18-13)11-9(2)6-5-8-15-11/h5-6,8,10,14H,4,7H2,1-3H3. The summed E-state index contributed by atoms with van der Waals surface area (Å²) in [5.41, 5.74) is 1.81. The summed E-state index contributed by atoms with van der Waals surface area (Å²) in [5.74, 6) is 1.15. The van der Waals surface area contributed by atoms with Crippen LogP contribution in [-0.2, 0) is 0 Å². The Morgan fingerprint density at radius 2 is 2.28 bits per heavy atom. The van der Waals surface area contributed by atoms with E-state index in [1.54, 1.807) is 6.20 Å². The van der Waals surface area contributed by atoms with E-state index < -0.39 is 0 Å². The second kappa shape index (κ2) is 5.73. The van der Waals surface area contributed by atoms with E-state index in [1.165, 1.54) is 0 Å². The molecule has 0 aliphatic rings. The van der Waals surface area contributed by atoms with E-state index in [4.69, 9.17) is 4.52 Å². The molecular formula is C13H18N4O. The lowest BCUT2D eigenvalue weighted by Crippen LogP contribution is -2.19. The van der Waals surface area contributed by atoms with Gasteiger partial charge in [0.1, 0.15) is 5.69 Å². The Kier molecular flexibility index (Phi) is 4.04. The molecule has 5 heteroatoms. The van der Waals surface area contributed by atoms with Gasteiger partial charge >= 0.3 is 0 Å². The van der Waals surface area contributed by atoms with Crippen molar-refractivity contribution in [2.45, 2.75) is 33.2 Å². The van der Waals surface area contributed by atoms with Gasteiger partial charge in [-0.15, -0.1) is 0 Å². The lowest BCUT2D eigenvalue weighted by molar-refractivity contribution is 0.340. The second-order valence-electron chi connectivity index (χ2n) is 4.30. The van der Waals surface area contributed by atoms with Gasteiger partial charge in [0.25, 0.3) is 0 Å². The van der Waals surface area contributed by atoms with Crippen LogP contribution in [0.15, 0.2) is 22.9 Å². The summed E-state index contributed by atoms with van der Waals surface area (Å²) >= 11 is 0. The molecule has 0 aromatic carbocycles. The summed E-state index contributed by atoms with van der Waals surface area (Å²) in [6, 6.07) is 3.94. The van der Waals surface area contributed by atoms with Crippen LogP contribution in [0.25, 0.3) is 11.5 Å². The highest BCUT2D eigenvalue weighted by atomic mass is 16.5. The van der Waals surface area contributed by atoms with Gasteiger partial charge < -0.3 is 9.84 Å². The van der Waals surface area contributed by atoms with Gasteiger partial charge in [0.15, 0.2) is 0 Å². The van der Waals surface area contributed by atoms with Crippen molar-refractivity contribution in [2.24, 2.45) is 0 Å². The molecule has 1 unspecified atom stereocenters. The molecule has 0 saturated carbocycles. The van der Waals surface area contributed by atoms with E-state index in [-0.39, 0.29) is 6.04 Å². The molecule has 1 atom stereocenters. The average molecular weight is 246 g/mol. The zero-order valence-corrected chi connectivity index (χ0v) is 11.0. The Bertz CT molecular complexity index is 509. The zero-order valence-electron chi connectivity index (χ0n) is 11.0. The van der Waals surface area contributed by atoms with E-state index in [0.717, 1.165) is 24.2 Å². The molecule has 2 heterocycles. The van der Waals surface area contributed by atoms with Crippen molar-refractivity contribution in [3.05, 3.63) is 29.8 Å². The summed E-state index contributed by atoms with van der Waals surface area (Å²) in [4.78, 5) is 8.67. The molecule has 0 aliphatic heterocycles. The molecule has 0 aliphatic carbocycles. The highest BCUT2D eigenvalue weighted by Gasteiger charge is 2.16. The van der Waals surface area contributed by atoms with Crippen molar-refractivity contribution >= 4 is 0 Å². The molecule has 5 nitrogen and oxygen atoms in total. The lowest BCUT2D eigenvalue weighted by Gasteiger charge is -2.06. The van der Waals surface area contributed by atoms with Crippen molar-refractivity contribution in [3.8, 4) is 11.5 Å². The molecule has 0 amide bonds. The molecule has 2 rings (SSSR count). The normalized spacial score (nSPS) is 12.6. The number of rotatable bonds is 5. The first kappa shape index (κ1) is 12.7. The SMILES string of the molecule is CCCNC(C)c1nc(-c2ncccc2C)no1. The van der Waals surface area contributed by atoms with Gasteiger partial charge in [0.05, 0.1) is 6.04 Å². The number of nitrogens with zero attached hydrogens (tertiary/aromatic N) is 3. The van der Waals surface area contributed by atoms with Crippen LogP contribution in [-0.4, -0.2) is 21.7 Å². The first-order valence-electron chi connectivity index (χ1n) is 6.21. The van der Waals surface area contributed by atoms with Gasteiger partial charge in [-0.1, -0.05) is 18.1 Å². The van der Waals surface area contributed by atoms with Gasteiger partial charge in [0, 0.05) is 6.20 Å². The molecule has 0 spiro atoms. The quantitative estimate of drug-likeness (QED) is 0.878. The number of aryl methyl sites for hydroxylation is 1. The molecule has 0 saturated heterocycles.